The number of nitrogens with zero attached hydrogens (tertiary/aromatic N) is 2. The van der Waals surface area contributed by atoms with Crippen LogP contribution in [0.1, 0.15) is 71.6 Å². The number of amides is 1. The van der Waals surface area contributed by atoms with Crippen LogP contribution in [0.3, 0.4) is 0 Å². The number of hydrogen-bond acceptors (Lipinski definition) is 2. The highest BCUT2D eigenvalue weighted by Crippen LogP contribution is 2.20. The van der Waals surface area contributed by atoms with Gasteiger partial charge in [0.1, 0.15) is 0 Å². The normalized spacial score (nSPS) is 17.4. The molecule has 0 saturated carbocycles. The maximum absolute atomic E-state index is 11.5. The number of carbonyl (C=O) groups is 1. The Balaban J connectivity index is 2.23. The van der Waals surface area contributed by atoms with Crippen LogP contribution in [0.4, 0.5) is 0 Å². The number of guanidine groups is 1. The van der Waals surface area contributed by atoms with Crippen molar-refractivity contribution in [2.75, 3.05) is 33.7 Å². The van der Waals surface area contributed by atoms with Gasteiger partial charge in [-0.05, 0) is 31.1 Å². The minimum atomic E-state index is 0.161. The predicted molar refractivity (Wildman–Crippen MR) is 107 cm³/mol. The van der Waals surface area contributed by atoms with Gasteiger partial charge >= 0.3 is 0 Å². The quantitative estimate of drug-likeness (QED) is 0.360. The first-order chi connectivity index (χ1) is 12.1. The predicted octanol–water partition coefficient (Wildman–Crippen LogP) is 3.41. The molecule has 1 saturated heterocycles. The summed E-state index contributed by atoms with van der Waals surface area (Å²) in [6, 6.07) is 0. The molecule has 1 atom stereocenters. The number of nitrogens with one attached hydrogen (secondary N) is 2. The van der Waals surface area contributed by atoms with Crippen molar-refractivity contribution in [3.8, 4) is 0 Å². The van der Waals surface area contributed by atoms with Gasteiger partial charge in [-0.15, -0.1) is 0 Å². The van der Waals surface area contributed by atoms with Gasteiger partial charge in [0.25, 0.3) is 0 Å². The molecule has 1 rings (SSSR count). The molecule has 1 aliphatic rings. The highest BCUT2D eigenvalue weighted by molar-refractivity contribution is 5.80. The lowest BCUT2D eigenvalue weighted by atomic mass is 9.93. The van der Waals surface area contributed by atoms with E-state index in [-0.39, 0.29) is 5.91 Å². The van der Waals surface area contributed by atoms with E-state index in [1.54, 1.807) is 7.05 Å². The van der Waals surface area contributed by atoms with Crippen LogP contribution in [0.5, 0.6) is 0 Å². The van der Waals surface area contributed by atoms with Crippen LogP contribution in [0.2, 0.25) is 0 Å². The van der Waals surface area contributed by atoms with Crippen molar-refractivity contribution < 1.29 is 4.79 Å². The molecule has 0 bridgehead atoms. The third-order valence-corrected chi connectivity index (χ3v) is 5.29. The average molecular weight is 353 g/mol. The zero-order chi connectivity index (χ0) is 18.5. The molecule has 1 unspecified atom stereocenters. The topological polar surface area (TPSA) is 56.7 Å². The zero-order valence-corrected chi connectivity index (χ0v) is 16.9. The van der Waals surface area contributed by atoms with Gasteiger partial charge in [0.05, 0.1) is 0 Å². The molecule has 0 aliphatic carbocycles. The number of hydrogen-bond donors (Lipinski definition) is 2. The molecule has 0 aromatic heterocycles. The summed E-state index contributed by atoms with van der Waals surface area (Å²) < 4.78 is 0. The van der Waals surface area contributed by atoms with E-state index in [9.17, 15) is 4.79 Å². The minimum Gasteiger partial charge on any atom is -0.359 e. The smallest absolute Gasteiger partial charge is 0.220 e. The lowest BCUT2D eigenvalue weighted by molar-refractivity contribution is -0.121. The monoisotopic (exact) mass is 352 g/mol. The van der Waals surface area contributed by atoms with Crippen LogP contribution in [0.15, 0.2) is 4.99 Å². The van der Waals surface area contributed by atoms with E-state index in [0.717, 1.165) is 38.4 Å². The summed E-state index contributed by atoms with van der Waals surface area (Å²) in [7, 11) is 3.59. The number of unbranched alkanes of at least 4 members (excludes halogenated alkanes) is 4. The van der Waals surface area contributed by atoms with E-state index in [2.05, 4.69) is 34.4 Å². The third-order valence-electron chi connectivity index (χ3n) is 5.29. The number of carbonyl (C=O) groups excluding carboxylic acids is 1. The molecule has 0 aromatic rings. The van der Waals surface area contributed by atoms with Crippen LogP contribution >= 0.6 is 0 Å². The van der Waals surface area contributed by atoms with Crippen LogP contribution in [0.25, 0.3) is 0 Å². The van der Waals surface area contributed by atoms with E-state index in [0.29, 0.717) is 18.3 Å². The van der Waals surface area contributed by atoms with Crippen molar-refractivity contribution >= 4 is 11.9 Å². The number of piperidine rings is 1. The van der Waals surface area contributed by atoms with Crippen molar-refractivity contribution in [1.82, 2.24) is 15.5 Å². The number of aliphatic imine (C=N–C) groups is 1. The average Bonchev–Trinajstić information content (AvgIpc) is 2.63. The first-order valence-electron chi connectivity index (χ1n) is 10.3. The summed E-state index contributed by atoms with van der Waals surface area (Å²) >= 11 is 0. The van der Waals surface area contributed by atoms with Gasteiger partial charge in [-0.1, -0.05) is 46.0 Å². The summed E-state index contributed by atoms with van der Waals surface area (Å²) in [5.74, 6) is 2.38. The van der Waals surface area contributed by atoms with E-state index in [1.807, 2.05) is 7.05 Å². The van der Waals surface area contributed by atoms with Crippen LogP contribution in [-0.4, -0.2) is 50.5 Å². The largest absolute Gasteiger partial charge is 0.359 e. The second kappa shape index (κ2) is 13.0. The summed E-state index contributed by atoms with van der Waals surface area (Å²) in [4.78, 5) is 18.3. The Morgan fingerprint density at radius 2 is 1.88 bits per heavy atom. The van der Waals surface area contributed by atoms with Crippen LogP contribution in [0, 0.1) is 11.8 Å². The van der Waals surface area contributed by atoms with Crippen molar-refractivity contribution in [1.29, 1.82) is 0 Å². The molecular weight excluding hydrogens is 312 g/mol. The molecule has 2 N–H and O–H groups in total. The summed E-state index contributed by atoms with van der Waals surface area (Å²) in [6.07, 6.45) is 10.9. The van der Waals surface area contributed by atoms with E-state index in [4.69, 9.17) is 0 Å². The molecule has 1 fully saturated rings. The van der Waals surface area contributed by atoms with Crippen molar-refractivity contribution in [3.05, 3.63) is 0 Å². The maximum atomic E-state index is 11.5. The zero-order valence-electron chi connectivity index (χ0n) is 16.9. The van der Waals surface area contributed by atoms with E-state index < -0.39 is 0 Å². The number of likely N-dealkylation sites (tertiary alicyclic amines) is 1. The second-order valence-electron chi connectivity index (χ2n) is 7.54. The molecule has 1 amide bonds. The Morgan fingerprint density at radius 3 is 2.48 bits per heavy atom. The van der Waals surface area contributed by atoms with Gasteiger partial charge in [-0.25, -0.2) is 0 Å². The third kappa shape index (κ3) is 9.13. The molecule has 146 valence electrons. The minimum absolute atomic E-state index is 0.161. The van der Waals surface area contributed by atoms with Gasteiger partial charge in [-0.2, -0.15) is 0 Å². The molecule has 5 nitrogen and oxygen atoms in total. The first kappa shape index (κ1) is 21.8. The van der Waals surface area contributed by atoms with E-state index in [1.165, 1.54) is 38.5 Å². The van der Waals surface area contributed by atoms with Gasteiger partial charge in [0, 0.05) is 40.2 Å². The molecule has 5 heteroatoms. The summed E-state index contributed by atoms with van der Waals surface area (Å²) in [5, 5.41) is 6.28. The highest BCUT2D eigenvalue weighted by atomic mass is 16.1. The first-order valence-corrected chi connectivity index (χ1v) is 10.3. The lowest BCUT2D eigenvalue weighted by Gasteiger charge is -2.34. The summed E-state index contributed by atoms with van der Waals surface area (Å²) in [6.45, 7) is 7.58. The standard InChI is InChI=1S/C20H40N4O/c1-5-6-7-8-9-10-17(2)16-23-20(22-4)24-13-11-18(12-14-24)15-19(25)21-3/h17-18H,5-16H2,1-4H3,(H,21,25)(H,22,23). The van der Waals surface area contributed by atoms with Crippen LogP contribution < -0.4 is 10.6 Å². The Bertz CT molecular complexity index is 389. The van der Waals surface area contributed by atoms with Gasteiger partial charge in [-0.3, -0.25) is 9.79 Å². The molecule has 0 aromatic carbocycles. The number of rotatable bonds is 10. The Kier molecular flexibility index (Phi) is 11.3. The van der Waals surface area contributed by atoms with Crippen LogP contribution in [-0.2, 0) is 4.79 Å². The molecule has 0 spiro atoms. The van der Waals surface area contributed by atoms with E-state index >= 15 is 0 Å². The highest BCUT2D eigenvalue weighted by Gasteiger charge is 2.23. The molecule has 1 aliphatic heterocycles. The van der Waals surface area contributed by atoms with Crippen molar-refractivity contribution in [3.63, 3.8) is 0 Å². The fraction of sp³-hybridized carbons (Fsp3) is 0.900. The summed E-state index contributed by atoms with van der Waals surface area (Å²) in [5.41, 5.74) is 0. The SMILES string of the molecule is CCCCCCCC(C)CNC(=NC)N1CCC(CC(=O)NC)CC1. The molecule has 25 heavy (non-hydrogen) atoms. The van der Waals surface area contributed by atoms with Crippen molar-refractivity contribution in [2.24, 2.45) is 16.8 Å². The molecular formula is C20H40N4O. The molecule has 0 radical (unpaired) electrons. The Morgan fingerprint density at radius 1 is 1.20 bits per heavy atom. The van der Waals surface area contributed by atoms with Gasteiger partial charge < -0.3 is 15.5 Å². The van der Waals surface area contributed by atoms with Gasteiger partial charge in [0.2, 0.25) is 5.91 Å². The lowest BCUT2D eigenvalue weighted by Crippen LogP contribution is -2.47. The Hall–Kier alpha value is -1.26. The van der Waals surface area contributed by atoms with Gasteiger partial charge in [0.15, 0.2) is 5.96 Å². The van der Waals surface area contributed by atoms with Crippen molar-refractivity contribution in [2.45, 2.75) is 71.6 Å². The maximum Gasteiger partial charge on any atom is 0.220 e. The fourth-order valence-corrected chi connectivity index (χ4v) is 3.51. The Labute approximate surface area is 155 Å². The second-order valence-corrected chi connectivity index (χ2v) is 7.54. The molecule has 1 heterocycles. The fourth-order valence-electron chi connectivity index (χ4n) is 3.51.